The predicted octanol–water partition coefficient (Wildman–Crippen LogP) is 1.20. The third-order valence-corrected chi connectivity index (χ3v) is 4.52. The highest BCUT2D eigenvalue weighted by atomic mass is 32.2. The zero-order valence-electron chi connectivity index (χ0n) is 11.7. The van der Waals surface area contributed by atoms with Crippen molar-refractivity contribution in [1.29, 1.82) is 0 Å². The average Bonchev–Trinajstić information content (AvgIpc) is 2.12. The quantitative estimate of drug-likeness (QED) is 0.726. The number of sulfone groups is 1. The molecule has 0 aromatic rings. The number of hydrogen-bond donors (Lipinski definition) is 2. The fourth-order valence-electron chi connectivity index (χ4n) is 1.40. The lowest BCUT2D eigenvalue weighted by atomic mass is 10.1. The molecule has 2 N–H and O–H groups in total. The Morgan fingerprint density at radius 1 is 1.24 bits per heavy atom. The van der Waals surface area contributed by atoms with E-state index in [-0.39, 0.29) is 23.0 Å². The van der Waals surface area contributed by atoms with Gasteiger partial charge < -0.3 is 10.4 Å². The molecule has 0 amide bonds. The topological polar surface area (TPSA) is 66.4 Å². The highest BCUT2D eigenvalue weighted by Crippen LogP contribution is 2.07. The van der Waals surface area contributed by atoms with Crippen molar-refractivity contribution in [1.82, 2.24) is 5.32 Å². The molecular weight excluding hydrogens is 238 g/mol. The average molecular weight is 265 g/mol. The Balaban J connectivity index is 4.15. The number of hydrogen-bond acceptors (Lipinski definition) is 4. The van der Waals surface area contributed by atoms with Crippen molar-refractivity contribution in [2.75, 3.05) is 18.1 Å². The number of rotatable bonds is 7. The Hall–Kier alpha value is -0.130. The number of nitrogens with one attached hydrogen (secondary N) is 1. The van der Waals surface area contributed by atoms with Crippen molar-refractivity contribution in [2.24, 2.45) is 5.92 Å². The summed E-state index contributed by atoms with van der Waals surface area (Å²) in [5.74, 6) is 0.166. The zero-order valence-corrected chi connectivity index (χ0v) is 12.5. The van der Waals surface area contributed by atoms with Crippen LogP contribution in [0.25, 0.3) is 0 Å². The molecule has 17 heavy (non-hydrogen) atoms. The summed E-state index contributed by atoms with van der Waals surface area (Å²) in [5.41, 5.74) is -0.110. The van der Waals surface area contributed by atoms with E-state index in [1.54, 1.807) is 0 Å². The van der Waals surface area contributed by atoms with Crippen LogP contribution >= 0.6 is 0 Å². The minimum Gasteiger partial charge on any atom is -0.391 e. The predicted molar refractivity (Wildman–Crippen MR) is 71.9 cm³/mol. The molecule has 0 bridgehead atoms. The van der Waals surface area contributed by atoms with Gasteiger partial charge in [-0.15, -0.1) is 0 Å². The number of aliphatic hydroxyl groups excluding tert-OH is 1. The first-order valence-electron chi connectivity index (χ1n) is 6.19. The molecular formula is C12H27NO3S. The summed E-state index contributed by atoms with van der Waals surface area (Å²) in [6.45, 7) is 10.1. The lowest BCUT2D eigenvalue weighted by Crippen LogP contribution is -2.43. The van der Waals surface area contributed by atoms with Crippen LogP contribution in [-0.4, -0.2) is 43.2 Å². The van der Waals surface area contributed by atoms with Gasteiger partial charge in [0.2, 0.25) is 0 Å². The molecule has 4 nitrogen and oxygen atoms in total. The van der Waals surface area contributed by atoms with Gasteiger partial charge in [0.1, 0.15) is 0 Å². The molecule has 5 heteroatoms. The highest BCUT2D eigenvalue weighted by Gasteiger charge is 2.21. The lowest BCUT2D eigenvalue weighted by molar-refractivity contribution is 0.181. The van der Waals surface area contributed by atoms with Crippen molar-refractivity contribution in [3.63, 3.8) is 0 Å². The van der Waals surface area contributed by atoms with Crippen molar-refractivity contribution < 1.29 is 13.5 Å². The minimum atomic E-state index is -3.15. The number of β-amino-alcohol motifs (C(OH)–C–C–N with tert-alkyl or cyclic N) is 1. The van der Waals surface area contributed by atoms with E-state index in [4.69, 9.17) is 0 Å². The van der Waals surface area contributed by atoms with Crippen LogP contribution in [0.1, 0.15) is 41.0 Å². The Morgan fingerprint density at radius 2 is 1.76 bits per heavy atom. The second-order valence-corrected chi connectivity index (χ2v) is 8.03. The lowest BCUT2D eigenvalue weighted by Gasteiger charge is -2.23. The summed E-state index contributed by atoms with van der Waals surface area (Å²) in [7, 11) is -3.15. The van der Waals surface area contributed by atoms with E-state index < -0.39 is 15.9 Å². The van der Waals surface area contributed by atoms with E-state index in [1.165, 1.54) is 0 Å². The molecule has 0 heterocycles. The van der Waals surface area contributed by atoms with E-state index in [0.717, 1.165) is 6.42 Å². The normalized spacial score (nSPS) is 16.8. The summed E-state index contributed by atoms with van der Waals surface area (Å²) in [4.78, 5) is 0. The van der Waals surface area contributed by atoms with E-state index in [0.29, 0.717) is 6.54 Å². The molecule has 0 aliphatic rings. The molecule has 0 fully saturated rings. The van der Waals surface area contributed by atoms with Gasteiger partial charge >= 0.3 is 0 Å². The summed E-state index contributed by atoms with van der Waals surface area (Å²) >= 11 is 0. The molecule has 2 atom stereocenters. The molecule has 0 aliphatic carbocycles. The summed E-state index contributed by atoms with van der Waals surface area (Å²) in [6.07, 6.45) is 0.0125. The third kappa shape index (κ3) is 9.56. The zero-order chi connectivity index (χ0) is 13.7. The van der Waals surface area contributed by atoms with Crippen LogP contribution in [0.5, 0.6) is 0 Å². The highest BCUT2D eigenvalue weighted by molar-refractivity contribution is 7.91. The third-order valence-electron chi connectivity index (χ3n) is 2.55. The van der Waals surface area contributed by atoms with Crippen molar-refractivity contribution in [2.45, 2.75) is 52.7 Å². The summed E-state index contributed by atoms with van der Waals surface area (Å²) in [6, 6.07) is 0. The van der Waals surface area contributed by atoms with E-state index >= 15 is 0 Å². The molecule has 0 spiro atoms. The monoisotopic (exact) mass is 265 g/mol. The fraction of sp³-hybridized carbons (Fsp3) is 1.00. The van der Waals surface area contributed by atoms with Gasteiger partial charge in [0, 0.05) is 12.1 Å². The maximum Gasteiger partial charge on any atom is 0.153 e. The summed E-state index contributed by atoms with van der Waals surface area (Å²) in [5, 5.41) is 12.8. The standard InChI is InChI=1S/C12H27NO3S/c1-6-10(2)8-17(15,16)9-11(14)7-13-12(3,4)5/h10-11,13-14H,6-9H2,1-5H3. The van der Waals surface area contributed by atoms with Crippen LogP contribution in [0, 0.1) is 5.92 Å². The fourth-order valence-corrected chi connectivity index (χ4v) is 3.34. The molecule has 0 aliphatic heterocycles. The second kappa shape index (κ2) is 6.71. The van der Waals surface area contributed by atoms with Gasteiger partial charge in [0.25, 0.3) is 0 Å². The Labute approximate surface area is 106 Å². The van der Waals surface area contributed by atoms with Crippen molar-refractivity contribution in [3.05, 3.63) is 0 Å². The first-order valence-corrected chi connectivity index (χ1v) is 8.01. The van der Waals surface area contributed by atoms with Crippen molar-refractivity contribution >= 4 is 9.84 Å². The largest absolute Gasteiger partial charge is 0.391 e. The van der Waals surface area contributed by atoms with Crippen LogP contribution in [0.2, 0.25) is 0 Å². The molecule has 0 rings (SSSR count). The number of aliphatic hydroxyl groups is 1. The van der Waals surface area contributed by atoms with E-state index in [1.807, 2.05) is 34.6 Å². The van der Waals surface area contributed by atoms with Gasteiger partial charge in [-0.1, -0.05) is 20.3 Å². The van der Waals surface area contributed by atoms with Crippen LogP contribution in [0.15, 0.2) is 0 Å². The van der Waals surface area contributed by atoms with Gasteiger partial charge in [0.05, 0.1) is 17.6 Å². The van der Waals surface area contributed by atoms with Crippen LogP contribution < -0.4 is 5.32 Å². The first-order chi connectivity index (χ1) is 7.56. The molecule has 104 valence electrons. The van der Waals surface area contributed by atoms with E-state index in [9.17, 15) is 13.5 Å². The second-order valence-electron chi connectivity index (χ2n) is 5.88. The Bertz CT molecular complexity index is 306. The molecule has 0 saturated heterocycles. The minimum absolute atomic E-state index is 0.110. The van der Waals surface area contributed by atoms with Gasteiger partial charge in [-0.3, -0.25) is 0 Å². The van der Waals surface area contributed by atoms with Crippen LogP contribution in [0.3, 0.4) is 0 Å². The first kappa shape index (κ1) is 16.9. The van der Waals surface area contributed by atoms with Crippen molar-refractivity contribution in [3.8, 4) is 0 Å². The Kier molecular flexibility index (Phi) is 6.66. The molecule has 2 unspecified atom stereocenters. The SMILES string of the molecule is CCC(C)CS(=O)(=O)CC(O)CNC(C)(C)C. The summed E-state index contributed by atoms with van der Waals surface area (Å²) < 4.78 is 23.5. The smallest absolute Gasteiger partial charge is 0.153 e. The maximum atomic E-state index is 11.7. The molecule has 0 saturated carbocycles. The maximum absolute atomic E-state index is 11.7. The van der Waals surface area contributed by atoms with Crippen LogP contribution in [0.4, 0.5) is 0 Å². The van der Waals surface area contributed by atoms with Gasteiger partial charge in [-0.2, -0.15) is 0 Å². The van der Waals surface area contributed by atoms with Gasteiger partial charge in [-0.25, -0.2) is 8.42 Å². The van der Waals surface area contributed by atoms with Gasteiger partial charge in [-0.05, 0) is 26.7 Å². The van der Waals surface area contributed by atoms with E-state index in [2.05, 4.69) is 5.32 Å². The molecule has 0 aromatic carbocycles. The van der Waals surface area contributed by atoms with Gasteiger partial charge in [0.15, 0.2) is 9.84 Å². The Morgan fingerprint density at radius 3 is 2.18 bits per heavy atom. The molecule has 0 aromatic heterocycles. The van der Waals surface area contributed by atoms with Crippen LogP contribution in [-0.2, 0) is 9.84 Å². The molecule has 0 radical (unpaired) electrons.